The number of likely N-dealkylation sites (tertiary alicyclic amines) is 1. The van der Waals surface area contributed by atoms with Crippen molar-refractivity contribution in [2.24, 2.45) is 11.8 Å². The van der Waals surface area contributed by atoms with Gasteiger partial charge in [0.2, 0.25) is 23.6 Å². The third-order valence-electron chi connectivity index (χ3n) is 7.74. The van der Waals surface area contributed by atoms with Gasteiger partial charge < -0.3 is 10.2 Å². The summed E-state index contributed by atoms with van der Waals surface area (Å²) in [6.45, 7) is 4.13. The number of fused-ring (bicyclic) bond motifs is 1. The molecule has 188 valence electrons. The van der Waals surface area contributed by atoms with Gasteiger partial charge in [-0.2, -0.15) is 0 Å². The van der Waals surface area contributed by atoms with Gasteiger partial charge in [-0.05, 0) is 45.1 Å². The summed E-state index contributed by atoms with van der Waals surface area (Å²) in [6.07, 6.45) is 10.5. The summed E-state index contributed by atoms with van der Waals surface area (Å²) in [4.78, 5) is 55.0. The van der Waals surface area contributed by atoms with Gasteiger partial charge in [0.15, 0.2) is 0 Å². The Labute approximate surface area is 207 Å². The minimum absolute atomic E-state index is 0.0112. The Morgan fingerprint density at radius 2 is 1.60 bits per heavy atom. The molecule has 35 heavy (non-hydrogen) atoms. The smallest absolute Gasteiger partial charge is 0.242 e. The molecule has 7 nitrogen and oxygen atoms in total. The van der Waals surface area contributed by atoms with E-state index in [0.29, 0.717) is 19.4 Å². The highest BCUT2D eigenvalue weighted by Crippen LogP contribution is 2.35. The molecule has 1 aliphatic heterocycles. The Balaban J connectivity index is 1.44. The summed E-state index contributed by atoms with van der Waals surface area (Å²) in [5, 5.41) is 3.14. The van der Waals surface area contributed by atoms with E-state index < -0.39 is 6.04 Å². The summed E-state index contributed by atoms with van der Waals surface area (Å²) in [7, 11) is 0. The van der Waals surface area contributed by atoms with Crippen LogP contribution in [0.15, 0.2) is 36.4 Å². The van der Waals surface area contributed by atoms with E-state index in [1.54, 1.807) is 11.8 Å². The van der Waals surface area contributed by atoms with Crippen molar-refractivity contribution in [3.8, 4) is 0 Å². The lowest BCUT2D eigenvalue weighted by molar-refractivity contribution is -0.144. The number of carbonyl (C=O) groups is 4. The topological polar surface area (TPSA) is 86.8 Å². The molecule has 1 aromatic rings. The summed E-state index contributed by atoms with van der Waals surface area (Å²) in [6, 6.07) is 7.41. The van der Waals surface area contributed by atoms with Crippen LogP contribution >= 0.6 is 0 Å². The van der Waals surface area contributed by atoms with Crippen molar-refractivity contribution in [1.82, 2.24) is 15.1 Å². The van der Waals surface area contributed by atoms with Gasteiger partial charge in [-0.25, -0.2) is 0 Å². The van der Waals surface area contributed by atoms with Crippen LogP contribution in [0.1, 0.15) is 69.4 Å². The Kier molecular flexibility index (Phi) is 8.04. The molecule has 2 fully saturated rings. The molecular formula is C28H37N3O4. The molecule has 2 aliphatic carbocycles. The number of hydrogen-bond acceptors (Lipinski definition) is 4. The van der Waals surface area contributed by atoms with Crippen LogP contribution in [0, 0.1) is 18.8 Å². The van der Waals surface area contributed by atoms with Crippen molar-refractivity contribution in [3.05, 3.63) is 47.5 Å². The molecule has 0 spiro atoms. The van der Waals surface area contributed by atoms with Gasteiger partial charge in [0.1, 0.15) is 6.04 Å². The first-order valence-corrected chi connectivity index (χ1v) is 13.0. The van der Waals surface area contributed by atoms with E-state index in [1.807, 2.05) is 43.3 Å². The molecule has 0 radical (unpaired) electrons. The van der Waals surface area contributed by atoms with E-state index in [1.165, 1.54) is 11.3 Å². The average molecular weight is 480 g/mol. The van der Waals surface area contributed by atoms with Crippen molar-refractivity contribution in [3.63, 3.8) is 0 Å². The van der Waals surface area contributed by atoms with Crippen molar-refractivity contribution in [1.29, 1.82) is 0 Å². The van der Waals surface area contributed by atoms with E-state index >= 15 is 0 Å². The fraction of sp³-hybridized carbons (Fsp3) is 0.571. The minimum atomic E-state index is -0.650. The zero-order valence-corrected chi connectivity index (χ0v) is 20.9. The van der Waals surface area contributed by atoms with Gasteiger partial charge in [0.25, 0.3) is 0 Å². The van der Waals surface area contributed by atoms with Crippen LogP contribution in [0.5, 0.6) is 0 Å². The Morgan fingerprint density at radius 1 is 1.00 bits per heavy atom. The highest BCUT2D eigenvalue weighted by molar-refractivity contribution is 6.05. The van der Waals surface area contributed by atoms with E-state index in [9.17, 15) is 19.2 Å². The van der Waals surface area contributed by atoms with Gasteiger partial charge in [-0.1, -0.05) is 61.2 Å². The molecule has 0 aromatic heterocycles. The second-order valence-electron chi connectivity index (χ2n) is 10.3. The van der Waals surface area contributed by atoms with Crippen LogP contribution in [0.2, 0.25) is 0 Å². The molecule has 0 unspecified atom stereocenters. The molecule has 1 saturated carbocycles. The zero-order chi connectivity index (χ0) is 24.9. The fourth-order valence-electron chi connectivity index (χ4n) is 5.48. The van der Waals surface area contributed by atoms with Crippen molar-refractivity contribution < 1.29 is 19.2 Å². The molecule has 1 heterocycles. The number of benzene rings is 1. The Hall–Kier alpha value is -2.96. The Morgan fingerprint density at radius 3 is 2.20 bits per heavy atom. The number of nitrogens with zero attached hydrogens (tertiary/aromatic N) is 2. The van der Waals surface area contributed by atoms with E-state index in [-0.39, 0.29) is 54.5 Å². The number of aryl methyl sites for hydroxylation is 1. The molecule has 1 aromatic carbocycles. The lowest BCUT2D eigenvalue weighted by Crippen LogP contribution is -2.51. The SMILES string of the molecule is Cc1ccc(CN(C(=O)CCN2C(=O)[C@H]3CC=CC[C@H]3C2=O)[C@@H](C)C(=O)NC2CCCCC2)cc1. The van der Waals surface area contributed by atoms with Crippen LogP contribution < -0.4 is 5.32 Å². The molecular weight excluding hydrogens is 442 g/mol. The highest BCUT2D eigenvalue weighted by Gasteiger charge is 2.47. The zero-order valence-electron chi connectivity index (χ0n) is 20.9. The number of rotatable bonds is 8. The fourth-order valence-corrected chi connectivity index (χ4v) is 5.48. The maximum Gasteiger partial charge on any atom is 0.242 e. The molecule has 3 atom stereocenters. The number of amides is 4. The summed E-state index contributed by atoms with van der Waals surface area (Å²) >= 11 is 0. The lowest BCUT2D eigenvalue weighted by Gasteiger charge is -2.31. The third kappa shape index (κ3) is 5.82. The first-order valence-electron chi connectivity index (χ1n) is 13.0. The molecule has 1 saturated heterocycles. The van der Waals surface area contributed by atoms with Crippen LogP contribution in [-0.4, -0.2) is 52.1 Å². The molecule has 4 amide bonds. The average Bonchev–Trinajstić information content (AvgIpc) is 3.11. The van der Waals surface area contributed by atoms with Crippen LogP contribution in [0.25, 0.3) is 0 Å². The maximum absolute atomic E-state index is 13.4. The largest absolute Gasteiger partial charge is 0.352 e. The molecule has 4 rings (SSSR count). The van der Waals surface area contributed by atoms with Crippen molar-refractivity contribution >= 4 is 23.6 Å². The van der Waals surface area contributed by atoms with Crippen LogP contribution in [0.3, 0.4) is 0 Å². The molecule has 7 heteroatoms. The number of carbonyl (C=O) groups excluding carboxylic acids is 4. The molecule has 3 aliphatic rings. The monoisotopic (exact) mass is 479 g/mol. The Bertz CT molecular complexity index is 954. The number of allylic oxidation sites excluding steroid dienone is 2. The second-order valence-corrected chi connectivity index (χ2v) is 10.3. The maximum atomic E-state index is 13.4. The first-order chi connectivity index (χ1) is 16.8. The minimum Gasteiger partial charge on any atom is -0.352 e. The van der Waals surface area contributed by atoms with Crippen LogP contribution in [-0.2, 0) is 25.7 Å². The van der Waals surface area contributed by atoms with Gasteiger partial charge in [-0.15, -0.1) is 0 Å². The van der Waals surface area contributed by atoms with Gasteiger partial charge in [0.05, 0.1) is 11.8 Å². The lowest BCUT2D eigenvalue weighted by atomic mass is 9.85. The quantitative estimate of drug-likeness (QED) is 0.457. The predicted molar refractivity (Wildman–Crippen MR) is 133 cm³/mol. The predicted octanol–water partition coefficient (Wildman–Crippen LogP) is 3.50. The van der Waals surface area contributed by atoms with E-state index in [0.717, 1.165) is 36.8 Å². The molecule has 1 N–H and O–H groups in total. The van der Waals surface area contributed by atoms with Crippen molar-refractivity contribution in [2.75, 3.05) is 6.54 Å². The van der Waals surface area contributed by atoms with Gasteiger partial charge in [-0.3, -0.25) is 24.1 Å². The van der Waals surface area contributed by atoms with E-state index in [2.05, 4.69) is 5.32 Å². The molecule has 0 bridgehead atoms. The summed E-state index contributed by atoms with van der Waals surface area (Å²) in [5.74, 6) is -1.33. The first kappa shape index (κ1) is 25.1. The standard InChI is InChI=1S/C28H37N3O4/c1-19-12-14-21(15-13-19)18-31(20(2)26(33)29-22-8-4-3-5-9-22)25(32)16-17-30-27(34)23-10-6-7-11-24(23)28(30)35/h6-7,12-15,20,22-24H,3-5,8-11,16-18H2,1-2H3,(H,29,33)/t20-,23-,24+/m0/s1. The van der Waals surface area contributed by atoms with Crippen molar-refractivity contribution in [2.45, 2.75) is 83.8 Å². The highest BCUT2D eigenvalue weighted by atomic mass is 16.2. The summed E-state index contributed by atoms with van der Waals surface area (Å²) < 4.78 is 0. The van der Waals surface area contributed by atoms with E-state index in [4.69, 9.17) is 0 Å². The van der Waals surface area contributed by atoms with Gasteiger partial charge in [0, 0.05) is 25.6 Å². The van der Waals surface area contributed by atoms with Crippen LogP contribution in [0.4, 0.5) is 0 Å². The number of hydrogen-bond donors (Lipinski definition) is 1. The third-order valence-corrected chi connectivity index (χ3v) is 7.74. The summed E-state index contributed by atoms with van der Waals surface area (Å²) in [5.41, 5.74) is 2.06. The second kappa shape index (κ2) is 11.2. The normalized spacial score (nSPS) is 23.2. The van der Waals surface area contributed by atoms with Gasteiger partial charge >= 0.3 is 0 Å². The number of nitrogens with one attached hydrogen (secondary N) is 1. The number of imide groups is 1.